The van der Waals surface area contributed by atoms with Crippen molar-refractivity contribution < 1.29 is 59.2 Å². The third-order valence-corrected chi connectivity index (χ3v) is 5.20. The molecule has 2 aromatic carbocycles. The van der Waals surface area contributed by atoms with E-state index < -0.39 is 55.7 Å². The molecule has 5 atom stereocenters. The average molecular weight is 505 g/mol. The Balaban J connectivity index is 1.72. The van der Waals surface area contributed by atoms with Crippen LogP contribution in [0.5, 0.6) is 23.0 Å². The van der Waals surface area contributed by atoms with Gasteiger partial charge in [0.25, 0.3) is 0 Å². The van der Waals surface area contributed by atoms with Crippen LogP contribution in [0.2, 0.25) is 0 Å². The molecule has 1 saturated heterocycles. The van der Waals surface area contributed by atoms with Crippen molar-refractivity contribution in [3.8, 4) is 23.0 Å². The minimum atomic E-state index is -1.74. The molecule has 12 nitrogen and oxygen atoms in total. The summed E-state index contributed by atoms with van der Waals surface area (Å²) in [6, 6.07) is 8.90. The Kier molecular flexibility index (Phi) is 8.72. The predicted octanol–water partition coefficient (Wildman–Crippen LogP) is -0.854. The zero-order chi connectivity index (χ0) is 26.4. The molecule has 0 aromatic heterocycles. The molecular formula is C24H25O12-. The second kappa shape index (κ2) is 11.7. The summed E-state index contributed by atoms with van der Waals surface area (Å²) >= 11 is 0. The number of methoxy groups -OCH3 is 1. The maximum atomic E-state index is 11.4. The highest BCUT2D eigenvalue weighted by atomic mass is 16.7. The van der Waals surface area contributed by atoms with Gasteiger partial charge in [0.15, 0.2) is 11.5 Å². The smallest absolute Gasteiger partial charge is 0.311 e. The van der Waals surface area contributed by atoms with Gasteiger partial charge in [-0.25, -0.2) is 0 Å². The number of esters is 1. The van der Waals surface area contributed by atoms with E-state index in [1.807, 2.05) is 0 Å². The third kappa shape index (κ3) is 6.86. The van der Waals surface area contributed by atoms with Gasteiger partial charge >= 0.3 is 5.97 Å². The molecule has 0 bridgehead atoms. The number of carbonyl (C=O) groups is 2. The molecular weight excluding hydrogens is 480 g/mol. The van der Waals surface area contributed by atoms with Crippen molar-refractivity contribution in [2.24, 2.45) is 0 Å². The molecule has 36 heavy (non-hydrogen) atoms. The van der Waals surface area contributed by atoms with Crippen molar-refractivity contribution in [1.29, 1.82) is 0 Å². The van der Waals surface area contributed by atoms with Gasteiger partial charge < -0.3 is 54.4 Å². The highest BCUT2D eigenvalue weighted by Gasteiger charge is 2.45. The van der Waals surface area contributed by atoms with E-state index >= 15 is 0 Å². The lowest BCUT2D eigenvalue weighted by Crippen LogP contribution is -2.60. The van der Waals surface area contributed by atoms with E-state index in [4.69, 9.17) is 18.9 Å². The summed E-state index contributed by atoms with van der Waals surface area (Å²) in [6.07, 6.45) is -5.75. The number of carboxylic acid groups (broad SMARTS) is 1. The molecule has 0 aliphatic carbocycles. The molecule has 0 radical (unpaired) electrons. The molecule has 0 spiro atoms. The fraction of sp³-hybridized carbons (Fsp3) is 0.333. The number of carbonyl (C=O) groups excluding carboxylic acids is 2. The first-order chi connectivity index (χ1) is 17.1. The van der Waals surface area contributed by atoms with Gasteiger partial charge in [0, 0.05) is 6.07 Å². The van der Waals surface area contributed by atoms with Crippen molar-refractivity contribution in [2.75, 3.05) is 13.7 Å². The summed E-state index contributed by atoms with van der Waals surface area (Å²) in [4.78, 5) is 21.9. The SMILES string of the molecule is COc1ccc(/C=C/c2cc(O)cc(O[C@@H]3O[C@H](COC(=O)CC(=O)[O-])[C@@H](O)[C@H](O)[C@H]3O)c2)cc1O. The average Bonchev–Trinajstić information content (AvgIpc) is 2.81. The summed E-state index contributed by atoms with van der Waals surface area (Å²) in [5.74, 6) is -2.69. The number of carboxylic acids is 1. The Morgan fingerprint density at radius 1 is 1.00 bits per heavy atom. The normalized spacial score (nSPS) is 23.8. The lowest BCUT2D eigenvalue weighted by atomic mass is 9.99. The Morgan fingerprint density at radius 3 is 2.39 bits per heavy atom. The van der Waals surface area contributed by atoms with Crippen LogP contribution < -0.4 is 14.6 Å². The van der Waals surface area contributed by atoms with E-state index in [9.17, 15) is 40.2 Å². The summed E-state index contributed by atoms with van der Waals surface area (Å²) in [5, 5.41) is 61.0. The quantitative estimate of drug-likeness (QED) is 0.161. The van der Waals surface area contributed by atoms with Crippen LogP contribution in [0.1, 0.15) is 17.5 Å². The number of ether oxygens (including phenoxy) is 4. The van der Waals surface area contributed by atoms with E-state index in [-0.39, 0.29) is 17.2 Å². The van der Waals surface area contributed by atoms with Crippen LogP contribution in [0.25, 0.3) is 12.2 Å². The largest absolute Gasteiger partial charge is 0.550 e. The number of aliphatic carboxylic acids is 1. The van der Waals surface area contributed by atoms with Gasteiger partial charge in [-0.15, -0.1) is 0 Å². The van der Waals surface area contributed by atoms with Crippen molar-refractivity contribution in [2.45, 2.75) is 37.1 Å². The third-order valence-electron chi connectivity index (χ3n) is 5.20. The molecule has 2 aromatic rings. The van der Waals surface area contributed by atoms with Crippen molar-refractivity contribution in [3.63, 3.8) is 0 Å². The molecule has 1 heterocycles. The topological polar surface area (TPSA) is 195 Å². The minimum Gasteiger partial charge on any atom is -0.550 e. The van der Waals surface area contributed by atoms with Crippen LogP contribution in [0.3, 0.4) is 0 Å². The van der Waals surface area contributed by atoms with E-state index in [0.717, 1.165) is 0 Å². The molecule has 3 rings (SSSR count). The molecule has 1 aliphatic heterocycles. The molecule has 1 aliphatic rings. The maximum Gasteiger partial charge on any atom is 0.311 e. The molecule has 5 N–H and O–H groups in total. The fourth-order valence-electron chi connectivity index (χ4n) is 3.40. The van der Waals surface area contributed by atoms with Crippen molar-refractivity contribution in [3.05, 3.63) is 47.5 Å². The van der Waals surface area contributed by atoms with Gasteiger partial charge in [0.2, 0.25) is 6.29 Å². The van der Waals surface area contributed by atoms with Crippen LogP contribution in [-0.2, 0) is 19.1 Å². The van der Waals surface area contributed by atoms with Crippen molar-refractivity contribution >= 4 is 24.1 Å². The van der Waals surface area contributed by atoms with Gasteiger partial charge in [0.05, 0.1) is 19.5 Å². The molecule has 0 unspecified atom stereocenters. The first-order valence-corrected chi connectivity index (χ1v) is 10.7. The van der Waals surface area contributed by atoms with E-state index in [1.54, 1.807) is 24.3 Å². The Hall–Kier alpha value is -3.84. The second-order valence-corrected chi connectivity index (χ2v) is 7.89. The summed E-state index contributed by atoms with van der Waals surface area (Å²) < 4.78 is 20.7. The van der Waals surface area contributed by atoms with Crippen LogP contribution >= 0.6 is 0 Å². The molecule has 0 amide bonds. The zero-order valence-electron chi connectivity index (χ0n) is 19.0. The van der Waals surface area contributed by atoms with Crippen LogP contribution in [0.4, 0.5) is 0 Å². The highest BCUT2D eigenvalue weighted by Crippen LogP contribution is 2.30. The monoisotopic (exact) mass is 505 g/mol. The fourth-order valence-corrected chi connectivity index (χ4v) is 3.40. The van der Waals surface area contributed by atoms with E-state index in [1.165, 1.54) is 31.4 Å². The van der Waals surface area contributed by atoms with Gasteiger partial charge in [-0.2, -0.15) is 0 Å². The molecule has 12 heteroatoms. The predicted molar refractivity (Wildman–Crippen MR) is 120 cm³/mol. The van der Waals surface area contributed by atoms with Gasteiger partial charge in [-0.1, -0.05) is 18.2 Å². The number of hydrogen-bond acceptors (Lipinski definition) is 12. The zero-order valence-corrected chi connectivity index (χ0v) is 19.0. The maximum absolute atomic E-state index is 11.4. The number of hydrogen-bond donors (Lipinski definition) is 5. The van der Waals surface area contributed by atoms with Crippen LogP contribution in [0, 0.1) is 0 Å². The Bertz CT molecular complexity index is 1110. The van der Waals surface area contributed by atoms with Crippen LogP contribution in [-0.4, -0.2) is 81.9 Å². The van der Waals surface area contributed by atoms with Crippen LogP contribution in [0.15, 0.2) is 36.4 Å². The molecule has 1 fully saturated rings. The lowest BCUT2D eigenvalue weighted by molar-refractivity contribution is -0.305. The Morgan fingerprint density at radius 2 is 1.72 bits per heavy atom. The molecule has 0 saturated carbocycles. The number of aliphatic hydroxyl groups is 3. The van der Waals surface area contributed by atoms with Crippen molar-refractivity contribution in [1.82, 2.24) is 0 Å². The lowest BCUT2D eigenvalue weighted by Gasteiger charge is -2.39. The molecule has 194 valence electrons. The summed E-state index contributed by atoms with van der Waals surface area (Å²) in [6.45, 7) is -0.625. The number of aliphatic hydroxyl groups excluding tert-OH is 3. The summed E-state index contributed by atoms with van der Waals surface area (Å²) in [5.41, 5.74) is 1.11. The first kappa shape index (κ1) is 26.8. The summed E-state index contributed by atoms with van der Waals surface area (Å²) in [7, 11) is 1.43. The highest BCUT2D eigenvalue weighted by molar-refractivity contribution is 5.89. The van der Waals surface area contributed by atoms with Gasteiger partial charge in [-0.3, -0.25) is 4.79 Å². The van der Waals surface area contributed by atoms with Gasteiger partial charge in [-0.05, 0) is 35.4 Å². The van der Waals surface area contributed by atoms with Gasteiger partial charge in [0.1, 0.15) is 42.5 Å². The Labute approximate surface area is 205 Å². The standard InChI is InChI=1S/C24H26O12/c1-33-17-5-4-12(8-16(17)26)2-3-13-6-14(25)9-15(7-13)35-24-23(32)22(31)21(30)18(36-24)11-34-20(29)10-19(27)28/h2-9,18,21-26,30-32H,10-11H2,1H3,(H,27,28)/p-1/b3-2+/t18-,21-,22+,23-,24-/m1/s1. The number of rotatable bonds is 9. The second-order valence-electron chi connectivity index (χ2n) is 7.89. The van der Waals surface area contributed by atoms with E-state index in [2.05, 4.69) is 0 Å². The first-order valence-electron chi connectivity index (χ1n) is 10.7. The number of aromatic hydroxyl groups is 2. The number of phenolic OH excluding ortho intramolecular Hbond substituents is 2. The minimum absolute atomic E-state index is 0.0348. The number of benzene rings is 2. The van der Waals surface area contributed by atoms with E-state index in [0.29, 0.717) is 16.9 Å². The number of phenols is 2.